The van der Waals surface area contributed by atoms with Gasteiger partial charge < -0.3 is 4.74 Å². The molecule has 0 spiro atoms. The molecule has 11 heteroatoms. The van der Waals surface area contributed by atoms with Gasteiger partial charge in [-0.05, 0) is 79.6 Å². The maximum atomic E-state index is 13.3. The van der Waals surface area contributed by atoms with Gasteiger partial charge in [-0.25, -0.2) is 25.6 Å². The van der Waals surface area contributed by atoms with Crippen molar-refractivity contribution in [2.45, 2.75) is 23.6 Å². The maximum absolute atomic E-state index is 13.3. The Bertz CT molecular complexity index is 1390. The van der Waals surface area contributed by atoms with Gasteiger partial charge in [0.1, 0.15) is 22.3 Å². The van der Waals surface area contributed by atoms with Crippen molar-refractivity contribution in [3.63, 3.8) is 0 Å². The van der Waals surface area contributed by atoms with Crippen molar-refractivity contribution in [3.8, 4) is 5.75 Å². The Morgan fingerprint density at radius 1 is 0.719 bits per heavy atom. The zero-order valence-electron chi connectivity index (χ0n) is 17.3. The molecule has 0 unspecified atom stereocenters. The fourth-order valence-electron chi connectivity index (χ4n) is 2.92. The molecule has 3 aromatic rings. The molecule has 0 radical (unpaired) electrons. The summed E-state index contributed by atoms with van der Waals surface area (Å²) in [6.07, 6.45) is 0. The Morgan fingerprint density at radius 2 is 1.22 bits per heavy atom. The molecule has 0 heterocycles. The summed E-state index contributed by atoms with van der Waals surface area (Å²) in [6.45, 7) is 3.05. The lowest BCUT2D eigenvalue weighted by atomic mass is 10.2. The van der Waals surface area contributed by atoms with Crippen LogP contribution < -0.4 is 14.2 Å². The first-order valence-corrected chi connectivity index (χ1v) is 12.2. The quantitative estimate of drug-likeness (QED) is 0.526. The first kappa shape index (κ1) is 23.5. The van der Waals surface area contributed by atoms with Gasteiger partial charge >= 0.3 is 0 Å². The molecular formula is C21H20F2N2O5S2. The second-order valence-electron chi connectivity index (χ2n) is 6.94. The predicted octanol–water partition coefficient (Wildman–Crippen LogP) is 4.19. The number of anilines is 2. The lowest BCUT2D eigenvalue weighted by molar-refractivity contribution is 0.402. The van der Waals surface area contributed by atoms with E-state index in [4.69, 9.17) is 4.74 Å². The van der Waals surface area contributed by atoms with Gasteiger partial charge in [-0.2, -0.15) is 0 Å². The third-order valence-electron chi connectivity index (χ3n) is 4.60. The van der Waals surface area contributed by atoms with Crippen molar-refractivity contribution in [3.05, 3.63) is 77.4 Å². The summed E-state index contributed by atoms with van der Waals surface area (Å²) in [4.78, 5) is -0.777. The molecule has 7 nitrogen and oxygen atoms in total. The van der Waals surface area contributed by atoms with Gasteiger partial charge in [-0.3, -0.25) is 9.44 Å². The SMILES string of the molecule is COc1ccc(S(=O)(=O)Nc2ccc(F)cc2C)cc1S(=O)(=O)Nc1ccc(F)cc1C. The third-order valence-corrected chi connectivity index (χ3v) is 7.35. The summed E-state index contributed by atoms with van der Waals surface area (Å²) in [5, 5.41) is 0. The Kier molecular flexibility index (Phi) is 6.42. The van der Waals surface area contributed by atoms with Crippen LogP contribution in [0.1, 0.15) is 11.1 Å². The largest absolute Gasteiger partial charge is 0.495 e. The van der Waals surface area contributed by atoms with Crippen LogP contribution in [0.25, 0.3) is 0 Å². The maximum Gasteiger partial charge on any atom is 0.265 e. The summed E-state index contributed by atoms with van der Waals surface area (Å²) < 4.78 is 88.1. The van der Waals surface area contributed by atoms with Crippen LogP contribution in [0.5, 0.6) is 5.75 Å². The molecule has 0 atom stereocenters. The molecule has 0 amide bonds. The third kappa shape index (κ3) is 5.00. The van der Waals surface area contributed by atoms with Crippen LogP contribution in [0.2, 0.25) is 0 Å². The Morgan fingerprint density at radius 3 is 1.69 bits per heavy atom. The van der Waals surface area contributed by atoms with Crippen LogP contribution >= 0.6 is 0 Å². The topological polar surface area (TPSA) is 102 Å². The zero-order chi connectivity index (χ0) is 23.7. The molecule has 0 bridgehead atoms. The average Bonchev–Trinajstić information content (AvgIpc) is 2.71. The van der Waals surface area contributed by atoms with Crippen LogP contribution in [-0.2, 0) is 20.0 Å². The van der Waals surface area contributed by atoms with Crippen LogP contribution in [0, 0.1) is 25.5 Å². The second kappa shape index (κ2) is 8.75. The number of rotatable bonds is 7. The molecule has 0 saturated heterocycles. The number of aryl methyl sites for hydroxylation is 2. The van der Waals surface area contributed by atoms with Crippen molar-refractivity contribution in [2.75, 3.05) is 16.6 Å². The van der Waals surface area contributed by atoms with E-state index in [2.05, 4.69) is 9.44 Å². The number of methoxy groups -OCH3 is 1. The van der Waals surface area contributed by atoms with E-state index < -0.39 is 36.6 Å². The van der Waals surface area contributed by atoms with E-state index in [0.717, 1.165) is 30.3 Å². The average molecular weight is 483 g/mol. The predicted molar refractivity (Wildman–Crippen MR) is 117 cm³/mol. The van der Waals surface area contributed by atoms with Crippen LogP contribution in [-0.4, -0.2) is 23.9 Å². The molecule has 0 aliphatic carbocycles. The van der Waals surface area contributed by atoms with E-state index in [1.165, 1.54) is 45.2 Å². The highest BCUT2D eigenvalue weighted by atomic mass is 32.2. The first-order valence-electron chi connectivity index (χ1n) is 9.19. The highest BCUT2D eigenvalue weighted by Gasteiger charge is 2.25. The number of sulfonamides is 2. The first-order chi connectivity index (χ1) is 14.9. The molecule has 170 valence electrons. The number of ether oxygens (including phenoxy) is 1. The lowest BCUT2D eigenvalue weighted by Crippen LogP contribution is -2.18. The fraction of sp³-hybridized carbons (Fsp3) is 0.143. The molecule has 0 saturated carbocycles. The summed E-state index contributed by atoms with van der Waals surface area (Å²) in [6, 6.07) is 10.4. The number of halogens is 2. The van der Waals surface area contributed by atoms with E-state index in [9.17, 15) is 25.6 Å². The van der Waals surface area contributed by atoms with Crippen molar-refractivity contribution in [1.29, 1.82) is 0 Å². The van der Waals surface area contributed by atoms with E-state index in [0.29, 0.717) is 11.1 Å². The summed E-state index contributed by atoms with van der Waals surface area (Å²) in [5.74, 6) is -1.14. The summed E-state index contributed by atoms with van der Waals surface area (Å²) >= 11 is 0. The molecule has 0 aliphatic heterocycles. The summed E-state index contributed by atoms with van der Waals surface area (Å²) in [5.41, 5.74) is 0.960. The highest BCUT2D eigenvalue weighted by Crippen LogP contribution is 2.30. The molecule has 32 heavy (non-hydrogen) atoms. The van der Waals surface area contributed by atoms with Gasteiger partial charge in [0.2, 0.25) is 0 Å². The number of nitrogens with one attached hydrogen (secondary N) is 2. The minimum absolute atomic E-state index is 0.0887. The van der Waals surface area contributed by atoms with E-state index in [1.807, 2.05) is 0 Å². The molecule has 2 N–H and O–H groups in total. The number of hydrogen-bond donors (Lipinski definition) is 2. The molecule has 0 fully saturated rings. The van der Waals surface area contributed by atoms with Crippen LogP contribution in [0.15, 0.2) is 64.4 Å². The molecule has 0 aromatic heterocycles. The van der Waals surface area contributed by atoms with Crippen LogP contribution in [0.3, 0.4) is 0 Å². The monoisotopic (exact) mass is 482 g/mol. The van der Waals surface area contributed by atoms with Gasteiger partial charge in [0.25, 0.3) is 20.0 Å². The summed E-state index contributed by atoms with van der Waals surface area (Å²) in [7, 11) is -7.27. The van der Waals surface area contributed by atoms with E-state index in [-0.39, 0.29) is 22.0 Å². The second-order valence-corrected chi connectivity index (χ2v) is 10.3. The van der Waals surface area contributed by atoms with Crippen molar-refractivity contribution < 1.29 is 30.4 Å². The number of hydrogen-bond acceptors (Lipinski definition) is 5. The number of benzene rings is 3. The minimum atomic E-state index is -4.30. The molecular weight excluding hydrogens is 462 g/mol. The Hall–Kier alpha value is -3.18. The minimum Gasteiger partial charge on any atom is -0.495 e. The van der Waals surface area contributed by atoms with Gasteiger partial charge in [-0.1, -0.05) is 0 Å². The normalized spacial score (nSPS) is 11.8. The van der Waals surface area contributed by atoms with Crippen LogP contribution in [0.4, 0.5) is 20.2 Å². The zero-order valence-corrected chi connectivity index (χ0v) is 18.9. The van der Waals surface area contributed by atoms with Gasteiger partial charge in [0, 0.05) is 0 Å². The van der Waals surface area contributed by atoms with Crippen molar-refractivity contribution in [2.24, 2.45) is 0 Å². The fourth-order valence-corrected chi connectivity index (χ4v) is 5.48. The van der Waals surface area contributed by atoms with Gasteiger partial charge in [-0.15, -0.1) is 0 Å². The highest BCUT2D eigenvalue weighted by molar-refractivity contribution is 7.93. The Labute approximate surface area is 185 Å². The molecule has 0 aliphatic rings. The standard InChI is InChI=1S/C21H20F2N2O5S2/c1-13-10-15(22)4-7-18(13)24-31(26,27)17-6-9-20(30-3)21(12-17)32(28,29)25-19-8-5-16(23)11-14(19)2/h4-12,24-25H,1-3H3. The Balaban J connectivity index is 2.02. The van der Waals surface area contributed by atoms with Gasteiger partial charge in [0.05, 0.1) is 23.4 Å². The molecule has 3 aromatic carbocycles. The lowest BCUT2D eigenvalue weighted by Gasteiger charge is -2.15. The van der Waals surface area contributed by atoms with Gasteiger partial charge in [0.15, 0.2) is 0 Å². The van der Waals surface area contributed by atoms with E-state index >= 15 is 0 Å². The molecule has 3 rings (SSSR count). The smallest absolute Gasteiger partial charge is 0.265 e. The van der Waals surface area contributed by atoms with E-state index in [1.54, 1.807) is 0 Å². The van der Waals surface area contributed by atoms with Crippen molar-refractivity contribution in [1.82, 2.24) is 0 Å². The van der Waals surface area contributed by atoms with Crippen molar-refractivity contribution >= 4 is 31.4 Å².